The maximum absolute atomic E-state index is 12.5. The Morgan fingerprint density at radius 1 is 0.844 bits per heavy atom. The number of hydrogen-bond acceptors (Lipinski definition) is 4. The van der Waals surface area contributed by atoms with Gasteiger partial charge in [-0.3, -0.25) is 14.5 Å². The number of benzene rings is 3. The van der Waals surface area contributed by atoms with Crippen LogP contribution in [0.4, 0.5) is 0 Å². The Kier molecular flexibility index (Phi) is 7.48. The molecule has 166 valence electrons. The first-order chi connectivity index (χ1) is 15.7. The number of nitrogens with one attached hydrogen (secondary N) is 2. The van der Waals surface area contributed by atoms with E-state index in [1.54, 1.807) is 0 Å². The summed E-state index contributed by atoms with van der Waals surface area (Å²) < 4.78 is 5.48. The Balaban J connectivity index is 1.30. The molecule has 0 saturated carbocycles. The van der Waals surface area contributed by atoms with Gasteiger partial charge in [0.1, 0.15) is 0 Å². The molecule has 2 N–H and O–H groups in total. The Hall–Kier alpha value is -3.22. The molecule has 3 aromatic rings. The Morgan fingerprint density at radius 2 is 1.56 bits per heavy atom. The highest BCUT2D eigenvalue weighted by atomic mass is 16.5. The average molecular weight is 432 g/mol. The summed E-state index contributed by atoms with van der Waals surface area (Å²) in [4.78, 5) is 27.2. The van der Waals surface area contributed by atoms with Gasteiger partial charge in [0.25, 0.3) is 0 Å². The average Bonchev–Trinajstić information content (AvgIpc) is 2.84. The number of rotatable bonds is 8. The number of amides is 2. The summed E-state index contributed by atoms with van der Waals surface area (Å²) >= 11 is 0. The van der Waals surface area contributed by atoms with E-state index in [1.165, 1.54) is 0 Å². The van der Waals surface area contributed by atoms with Crippen LogP contribution >= 0.6 is 0 Å². The molecule has 6 heteroatoms. The monoisotopic (exact) mass is 431 g/mol. The maximum atomic E-state index is 12.5. The van der Waals surface area contributed by atoms with Crippen LogP contribution in [-0.2, 0) is 20.7 Å². The fraction of sp³-hybridized carbons (Fsp3) is 0.308. The van der Waals surface area contributed by atoms with Crippen molar-refractivity contribution >= 4 is 22.6 Å². The normalized spacial score (nSPS) is 15.2. The number of carbonyl (C=O) groups excluding carboxylic acids is 2. The van der Waals surface area contributed by atoms with Crippen LogP contribution in [0.2, 0.25) is 0 Å². The van der Waals surface area contributed by atoms with Crippen molar-refractivity contribution < 1.29 is 14.3 Å². The van der Waals surface area contributed by atoms with Gasteiger partial charge in [0, 0.05) is 19.6 Å². The zero-order valence-corrected chi connectivity index (χ0v) is 18.1. The maximum Gasteiger partial charge on any atom is 0.239 e. The minimum absolute atomic E-state index is 0.0335. The molecule has 1 fully saturated rings. The number of fused-ring (bicyclic) bond motifs is 1. The summed E-state index contributed by atoms with van der Waals surface area (Å²) in [5.41, 5.74) is 2.12. The molecule has 3 aromatic carbocycles. The molecule has 0 radical (unpaired) electrons. The molecule has 2 amide bonds. The fourth-order valence-electron chi connectivity index (χ4n) is 4.16. The summed E-state index contributed by atoms with van der Waals surface area (Å²) in [6.07, 6.45) is 0.245. The van der Waals surface area contributed by atoms with Gasteiger partial charge in [0.2, 0.25) is 11.8 Å². The number of hydrogen-bond donors (Lipinski definition) is 2. The van der Waals surface area contributed by atoms with E-state index in [9.17, 15) is 9.59 Å². The van der Waals surface area contributed by atoms with Crippen molar-refractivity contribution in [1.82, 2.24) is 15.5 Å². The van der Waals surface area contributed by atoms with Crippen molar-refractivity contribution in [1.29, 1.82) is 0 Å². The van der Waals surface area contributed by atoms with Gasteiger partial charge in [-0.05, 0) is 21.9 Å². The van der Waals surface area contributed by atoms with Gasteiger partial charge >= 0.3 is 0 Å². The van der Waals surface area contributed by atoms with Gasteiger partial charge in [-0.1, -0.05) is 72.8 Å². The molecular formula is C26H29N3O3. The molecule has 1 heterocycles. The first-order valence-electron chi connectivity index (χ1n) is 11.1. The third kappa shape index (κ3) is 5.72. The van der Waals surface area contributed by atoms with Gasteiger partial charge in [0.15, 0.2) is 0 Å². The minimum atomic E-state index is -0.189. The zero-order chi connectivity index (χ0) is 22.2. The first kappa shape index (κ1) is 22.0. The molecule has 4 rings (SSSR count). The van der Waals surface area contributed by atoms with Crippen LogP contribution in [0, 0.1) is 0 Å². The van der Waals surface area contributed by atoms with Crippen LogP contribution in [0.15, 0.2) is 72.8 Å². The zero-order valence-electron chi connectivity index (χ0n) is 18.1. The van der Waals surface area contributed by atoms with E-state index in [0.717, 1.165) is 35.0 Å². The summed E-state index contributed by atoms with van der Waals surface area (Å²) in [5, 5.41) is 7.91. The lowest BCUT2D eigenvalue weighted by Crippen LogP contribution is -2.45. The second-order valence-electron chi connectivity index (χ2n) is 7.97. The molecule has 1 aliphatic rings. The molecule has 6 nitrogen and oxygen atoms in total. The molecular weight excluding hydrogens is 402 g/mol. The van der Waals surface area contributed by atoms with Gasteiger partial charge in [-0.25, -0.2) is 0 Å². The molecule has 1 saturated heterocycles. The van der Waals surface area contributed by atoms with Crippen molar-refractivity contribution in [3.63, 3.8) is 0 Å². The number of carbonyl (C=O) groups is 2. The summed E-state index contributed by atoms with van der Waals surface area (Å²) in [5.74, 6) is -0.352. The van der Waals surface area contributed by atoms with E-state index < -0.39 is 0 Å². The second-order valence-corrected chi connectivity index (χ2v) is 7.97. The van der Waals surface area contributed by atoms with Crippen LogP contribution in [0.1, 0.15) is 17.2 Å². The van der Waals surface area contributed by atoms with Gasteiger partial charge < -0.3 is 15.4 Å². The van der Waals surface area contributed by atoms with Crippen LogP contribution in [0.25, 0.3) is 10.8 Å². The van der Waals surface area contributed by atoms with E-state index >= 15 is 0 Å². The number of nitrogens with zero attached hydrogens (tertiary/aromatic N) is 1. The molecule has 1 unspecified atom stereocenters. The highest BCUT2D eigenvalue weighted by Crippen LogP contribution is 2.21. The lowest BCUT2D eigenvalue weighted by atomic mass is 10.0. The summed E-state index contributed by atoms with van der Waals surface area (Å²) in [7, 11) is 0. The van der Waals surface area contributed by atoms with E-state index in [0.29, 0.717) is 19.8 Å². The van der Waals surface area contributed by atoms with Crippen molar-refractivity contribution in [2.45, 2.75) is 12.5 Å². The smallest absolute Gasteiger partial charge is 0.239 e. The van der Waals surface area contributed by atoms with E-state index in [-0.39, 0.29) is 30.8 Å². The third-order valence-electron chi connectivity index (χ3n) is 5.84. The van der Waals surface area contributed by atoms with Crippen molar-refractivity contribution in [2.75, 3.05) is 39.4 Å². The topological polar surface area (TPSA) is 70.7 Å². The lowest BCUT2D eigenvalue weighted by Gasteiger charge is -2.35. The molecule has 1 aliphatic heterocycles. The summed E-state index contributed by atoms with van der Waals surface area (Å²) in [6, 6.07) is 24.2. The molecule has 0 aromatic heterocycles. The standard InChI is InChI=1S/C26H29N3O3/c30-25(17-22-11-6-10-20-7-4-5-12-23(20)22)28-19-26(31)27-18-24(21-8-2-1-3-9-21)29-13-15-32-16-14-29/h1-12,24H,13-19H2,(H,27,31)(H,28,30). The molecule has 1 atom stereocenters. The minimum Gasteiger partial charge on any atom is -0.379 e. The Bertz CT molecular complexity index is 1040. The highest BCUT2D eigenvalue weighted by Gasteiger charge is 2.23. The molecule has 0 aliphatic carbocycles. The van der Waals surface area contributed by atoms with Crippen LogP contribution in [-0.4, -0.2) is 56.1 Å². The molecule has 0 bridgehead atoms. The van der Waals surface area contributed by atoms with E-state index in [1.807, 2.05) is 60.7 Å². The van der Waals surface area contributed by atoms with Crippen LogP contribution < -0.4 is 10.6 Å². The Labute approximate surface area is 188 Å². The highest BCUT2D eigenvalue weighted by molar-refractivity contribution is 5.91. The largest absolute Gasteiger partial charge is 0.379 e. The predicted octanol–water partition coefficient (Wildman–Crippen LogP) is 2.69. The lowest BCUT2D eigenvalue weighted by molar-refractivity contribution is -0.125. The van der Waals surface area contributed by atoms with Gasteiger partial charge in [-0.2, -0.15) is 0 Å². The van der Waals surface area contributed by atoms with Crippen molar-refractivity contribution in [3.05, 3.63) is 83.9 Å². The molecule has 32 heavy (non-hydrogen) atoms. The second kappa shape index (κ2) is 10.9. The van der Waals surface area contributed by atoms with E-state index in [4.69, 9.17) is 4.74 Å². The Morgan fingerprint density at radius 3 is 2.38 bits per heavy atom. The van der Waals surface area contributed by atoms with Crippen LogP contribution in [0.3, 0.4) is 0 Å². The fourth-order valence-corrected chi connectivity index (χ4v) is 4.16. The van der Waals surface area contributed by atoms with E-state index in [2.05, 4.69) is 27.7 Å². The SMILES string of the molecule is O=C(CNC(=O)Cc1cccc2ccccc12)NCC(c1ccccc1)N1CCOCC1. The number of ether oxygens (including phenoxy) is 1. The predicted molar refractivity (Wildman–Crippen MR) is 125 cm³/mol. The summed E-state index contributed by atoms with van der Waals surface area (Å²) in [6.45, 7) is 3.51. The van der Waals surface area contributed by atoms with Gasteiger partial charge in [-0.15, -0.1) is 0 Å². The quantitative estimate of drug-likeness (QED) is 0.575. The van der Waals surface area contributed by atoms with Crippen molar-refractivity contribution in [2.24, 2.45) is 0 Å². The first-order valence-corrected chi connectivity index (χ1v) is 11.1. The molecule has 0 spiro atoms. The third-order valence-corrected chi connectivity index (χ3v) is 5.84. The van der Waals surface area contributed by atoms with Crippen LogP contribution in [0.5, 0.6) is 0 Å². The number of morpholine rings is 1. The van der Waals surface area contributed by atoms with Crippen molar-refractivity contribution in [3.8, 4) is 0 Å². The van der Waals surface area contributed by atoms with Gasteiger partial charge in [0.05, 0.1) is 32.2 Å².